The minimum atomic E-state index is -0.556. The quantitative estimate of drug-likeness (QED) is 0.798. The molecule has 1 aliphatic rings. The number of carbonyl (C=O) groups is 2. The second-order valence-electron chi connectivity index (χ2n) is 4.77. The summed E-state index contributed by atoms with van der Waals surface area (Å²) in [4.78, 5) is 23.6. The van der Waals surface area contributed by atoms with Gasteiger partial charge in [-0.2, -0.15) is 0 Å². The molecule has 2 rings (SSSR count). The Hall–Kier alpha value is -2.04. The van der Waals surface area contributed by atoms with Crippen molar-refractivity contribution in [1.82, 2.24) is 5.32 Å². The van der Waals surface area contributed by atoms with E-state index >= 15 is 0 Å². The number of esters is 1. The molecular weight excluding hydrogens is 258 g/mol. The molecule has 1 aromatic rings. The van der Waals surface area contributed by atoms with E-state index in [1.807, 2.05) is 24.3 Å². The monoisotopic (exact) mass is 277 g/mol. The molecule has 0 saturated heterocycles. The van der Waals surface area contributed by atoms with Crippen LogP contribution in [0.3, 0.4) is 0 Å². The smallest absolute Gasteiger partial charge is 0.325 e. The van der Waals surface area contributed by atoms with E-state index in [4.69, 9.17) is 9.47 Å². The van der Waals surface area contributed by atoms with Gasteiger partial charge in [0, 0.05) is 5.56 Å². The minimum Gasteiger partial charge on any atom is -0.496 e. The molecule has 1 N–H and O–H groups in total. The molecule has 5 heteroatoms. The molecule has 1 saturated carbocycles. The number of methoxy groups -OCH3 is 1. The summed E-state index contributed by atoms with van der Waals surface area (Å²) in [6.45, 7) is 1.95. The number of hydrogen-bond acceptors (Lipinski definition) is 4. The van der Waals surface area contributed by atoms with Gasteiger partial charge in [0.1, 0.15) is 12.3 Å². The lowest BCUT2D eigenvalue weighted by molar-refractivity contribution is -0.143. The Kier molecular flexibility index (Phi) is 4.27. The van der Waals surface area contributed by atoms with E-state index < -0.39 is 11.4 Å². The molecule has 0 heterocycles. The Balaban J connectivity index is 2.07. The van der Waals surface area contributed by atoms with Crippen molar-refractivity contribution < 1.29 is 19.1 Å². The number of benzene rings is 1. The molecule has 0 unspecified atom stereocenters. The van der Waals surface area contributed by atoms with Gasteiger partial charge in [-0.05, 0) is 25.8 Å². The van der Waals surface area contributed by atoms with E-state index in [1.54, 1.807) is 14.0 Å². The molecule has 0 aliphatic heterocycles. The first-order valence-corrected chi connectivity index (χ1v) is 6.71. The largest absolute Gasteiger partial charge is 0.496 e. The highest BCUT2D eigenvalue weighted by atomic mass is 16.5. The maximum Gasteiger partial charge on any atom is 0.325 e. The molecule has 0 radical (unpaired) electrons. The third kappa shape index (κ3) is 2.76. The molecule has 0 aromatic heterocycles. The van der Waals surface area contributed by atoms with Gasteiger partial charge < -0.3 is 14.8 Å². The summed E-state index contributed by atoms with van der Waals surface area (Å²) in [5, 5.41) is 2.65. The van der Waals surface area contributed by atoms with Crippen LogP contribution in [0.2, 0.25) is 0 Å². The van der Waals surface area contributed by atoms with Crippen molar-refractivity contribution >= 4 is 11.9 Å². The van der Waals surface area contributed by atoms with Crippen LogP contribution in [-0.4, -0.2) is 32.1 Å². The lowest BCUT2D eigenvalue weighted by Gasteiger charge is -2.18. The van der Waals surface area contributed by atoms with Gasteiger partial charge in [-0.25, -0.2) is 0 Å². The number of rotatable bonds is 6. The molecule has 0 bridgehead atoms. The fourth-order valence-electron chi connectivity index (χ4n) is 2.32. The average Bonchev–Trinajstić information content (AvgIpc) is 3.26. The summed E-state index contributed by atoms with van der Waals surface area (Å²) >= 11 is 0. The predicted octanol–water partition coefficient (Wildman–Crippen LogP) is 1.41. The first-order chi connectivity index (χ1) is 9.64. The lowest BCUT2D eigenvalue weighted by Crippen LogP contribution is -2.38. The summed E-state index contributed by atoms with van der Waals surface area (Å²) in [5.41, 5.74) is 0.322. The van der Waals surface area contributed by atoms with Gasteiger partial charge in [-0.1, -0.05) is 18.2 Å². The standard InChI is InChI=1S/C15H19NO4/c1-3-20-13(17)10-16-14(18)15(8-9-15)11-6-4-5-7-12(11)19-2/h4-7H,3,8-10H2,1-2H3,(H,16,18). The van der Waals surface area contributed by atoms with Crippen LogP contribution < -0.4 is 10.1 Å². The number of ether oxygens (including phenoxy) is 2. The Morgan fingerprint density at radius 1 is 1.30 bits per heavy atom. The zero-order valence-electron chi connectivity index (χ0n) is 11.8. The lowest BCUT2D eigenvalue weighted by atomic mass is 9.94. The number of para-hydroxylation sites is 1. The van der Waals surface area contributed by atoms with Crippen LogP contribution in [0.15, 0.2) is 24.3 Å². The Morgan fingerprint density at radius 3 is 2.60 bits per heavy atom. The van der Waals surface area contributed by atoms with Gasteiger partial charge >= 0.3 is 5.97 Å². The van der Waals surface area contributed by atoms with E-state index in [0.29, 0.717) is 12.4 Å². The molecule has 108 valence electrons. The van der Waals surface area contributed by atoms with Crippen LogP contribution in [-0.2, 0) is 19.7 Å². The Labute approximate surface area is 118 Å². The van der Waals surface area contributed by atoms with Crippen LogP contribution in [0, 0.1) is 0 Å². The van der Waals surface area contributed by atoms with Crippen molar-refractivity contribution in [3.05, 3.63) is 29.8 Å². The molecule has 1 aromatic carbocycles. The number of carbonyl (C=O) groups excluding carboxylic acids is 2. The second kappa shape index (κ2) is 5.94. The zero-order chi connectivity index (χ0) is 14.6. The van der Waals surface area contributed by atoms with Crippen LogP contribution >= 0.6 is 0 Å². The highest BCUT2D eigenvalue weighted by Gasteiger charge is 2.52. The van der Waals surface area contributed by atoms with Gasteiger partial charge in [-0.3, -0.25) is 9.59 Å². The third-order valence-electron chi connectivity index (χ3n) is 3.51. The highest BCUT2D eigenvalue weighted by Crippen LogP contribution is 2.51. The van der Waals surface area contributed by atoms with Gasteiger partial charge in [0.05, 0.1) is 19.1 Å². The van der Waals surface area contributed by atoms with Crippen LogP contribution in [0.4, 0.5) is 0 Å². The van der Waals surface area contributed by atoms with E-state index in [1.165, 1.54) is 0 Å². The summed E-state index contributed by atoms with van der Waals surface area (Å²) < 4.78 is 10.1. The maximum absolute atomic E-state index is 12.3. The normalized spacial score (nSPS) is 15.3. The van der Waals surface area contributed by atoms with E-state index in [-0.39, 0.29) is 12.5 Å². The van der Waals surface area contributed by atoms with Crippen molar-refractivity contribution in [3.8, 4) is 5.75 Å². The molecule has 1 aliphatic carbocycles. The average molecular weight is 277 g/mol. The highest BCUT2D eigenvalue weighted by molar-refractivity contribution is 5.93. The van der Waals surface area contributed by atoms with Crippen molar-refractivity contribution in [3.63, 3.8) is 0 Å². The number of amides is 1. The topological polar surface area (TPSA) is 64.6 Å². The fraction of sp³-hybridized carbons (Fsp3) is 0.467. The molecule has 1 amide bonds. The maximum atomic E-state index is 12.3. The van der Waals surface area contributed by atoms with E-state index in [9.17, 15) is 9.59 Å². The van der Waals surface area contributed by atoms with Gasteiger partial charge in [0.25, 0.3) is 0 Å². The Bertz CT molecular complexity index is 508. The Morgan fingerprint density at radius 2 is 2.00 bits per heavy atom. The summed E-state index contributed by atoms with van der Waals surface area (Å²) in [6.07, 6.45) is 1.53. The van der Waals surface area contributed by atoms with Crippen LogP contribution in [0.1, 0.15) is 25.3 Å². The predicted molar refractivity (Wildman–Crippen MR) is 73.5 cm³/mol. The zero-order valence-corrected chi connectivity index (χ0v) is 11.8. The molecule has 1 fully saturated rings. The summed E-state index contributed by atoms with van der Waals surface area (Å²) in [7, 11) is 1.59. The van der Waals surface area contributed by atoms with Crippen molar-refractivity contribution in [2.75, 3.05) is 20.3 Å². The van der Waals surface area contributed by atoms with Gasteiger partial charge in [0.2, 0.25) is 5.91 Å². The molecule has 20 heavy (non-hydrogen) atoms. The minimum absolute atomic E-state index is 0.0937. The summed E-state index contributed by atoms with van der Waals surface area (Å²) in [6, 6.07) is 7.50. The fourth-order valence-corrected chi connectivity index (χ4v) is 2.32. The van der Waals surface area contributed by atoms with Crippen LogP contribution in [0.25, 0.3) is 0 Å². The SMILES string of the molecule is CCOC(=O)CNC(=O)C1(c2ccccc2OC)CC1. The first-order valence-electron chi connectivity index (χ1n) is 6.71. The molecule has 0 atom stereocenters. The number of hydrogen-bond donors (Lipinski definition) is 1. The van der Waals surface area contributed by atoms with Crippen molar-refractivity contribution in [2.24, 2.45) is 0 Å². The van der Waals surface area contributed by atoms with Crippen molar-refractivity contribution in [2.45, 2.75) is 25.2 Å². The number of nitrogens with one attached hydrogen (secondary N) is 1. The van der Waals surface area contributed by atoms with Crippen LogP contribution in [0.5, 0.6) is 5.75 Å². The van der Waals surface area contributed by atoms with Crippen molar-refractivity contribution in [1.29, 1.82) is 0 Å². The summed E-state index contributed by atoms with van der Waals surface area (Å²) in [5.74, 6) is 0.142. The van der Waals surface area contributed by atoms with E-state index in [2.05, 4.69) is 5.32 Å². The van der Waals surface area contributed by atoms with Gasteiger partial charge in [-0.15, -0.1) is 0 Å². The second-order valence-corrected chi connectivity index (χ2v) is 4.77. The first kappa shape index (κ1) is 14.4. The molecule has 0 spiro atoms. The molecule has 5 nitrogen and oxygen atoms in total. The van der Waals surface area contributed by atoms with E-state index in [0.717, 1.165) is 18.4 Å². The molecular formula is C15H19NO4. The van der Waals surface area contributed by atoms with Gasteiger partial charge in [0.15, 0.2) is 0 Å². The third-order valence-corrected chi connectivity index (χ3v) is 3.51.